The van der Waals surface area contributed by atoms with Gasteiger partial charge < -0.3 is 4.74 Å². The van der Waals surface area contributed by atoms with Gasteiger partial charge in [-0.1, -0.05) is 57.2 Å². The minimum Gasteiger partial charge on any atom is -0.469 e. The number of hydrogen-bond acceptors (Lipinski definition) is 2. The Morgan fingerprint density at radius 3 is 2.17 bits per heavy atom. The Kier molecular flexibility index (Phi) is 3.66. The van der Waals surface area contributed by atoms with Crippen molar-refractivity contribution in [2.75, 3.05) is 0 Å². The molecule has 0 aliphatic carbocycles. The van der Waals surface area contributed by atoms with Crippen LogP contribution in [-0.2, 0) is 0 Å². The molecule has 0 bridgehead atoms. The van der Waals surface area contributed by atoms with Crippen LogP contribution in [0.2, 0.25) is 0 Å². The fourth-order valence-corrected chi connectivity index (χ4v) is 1.91. The number of ether oxygens (including phenoxy) is 1. The van der Waals surface area contributed by atoms with Crippen LogP contribution in [-0.4, -0.2) is 4.98 Å². The first-order valence-corrected chi connectivity index (χ1v) is 6.20. The first-order valence-electron chi connectivity index (χ1n) is 6.20. The lowest BCUT2D eigenvalue weighted by molar-refractivity contribution is 0.0820. The first-order chi connectivity index (χ1) is 8.57. The van der Waals surface area contributed by atoms with Gasteiger partial charge >= 0.3 is 0 Å². The van der Waals surface area contributed by atoms with Gasteiger partial charge in [0.2, 0.25) is 5.88 Å². The van der Waals surface area contributed by atoms with Crippen molar-refractivity contribution in [2.24, 2.45) is 5.41 Å². The number of pyridine rings is 1. The zero-order valence-corrected chi connectivity index (χ0v) is 11.1. The van der Waals surface area contributed by atoms with Crippen LogP contribution in [0.25, 0.3) is 0 Å². The zero-order valence-electron chi connectivity index (χ0n) is 11.1. The summed E-state index contributed by atoms with van der Waals surface area (Å²) < 4.78 is 6.05. The van der Waals surface area contributed by atoms with Gasteiger partial charge in [-0.2, -0.15) is 0 Å². The van der Waals surface area contributed by atoms with Gasteiger partial charge in [-0.25, -0.2) is 4.98 Å². The molecule has 1 aromatic heterocycles. The van der Waals surface area contributed by atoms with E-state index in [2.05, 4.69) is 37.9 Å². The normalized spacial score (nSPS) is 13.1. The topological polar surface area (TPSA) is 22.1 Å². The van der Waals surface area contributed by atoms with E-state index in [1.54, 1.807) is 6.20 Å². The average Bonchev–Trinajstić information content (AvgIpc) is 2.37. The molecule has 0 saturated carbocycles. The molecule has 2 aromatic rings. The van der Waals surface area contributed by atoms with Crippen molar-refractivity contribution in [1.82, 2.24) is 4.98 Å². The third-order valence-corrected chi connectivity index (χ3v) is 2.77. The van der Waals surface area contributed by atoms with Crippen LogP contribution < -0.4 is 4.74 Å². The SMILES string of the molecule is CC(C)(C)C(Oc1ccccn1)c1ccccc1. The zero-order chi connectivity index (χ0) is 13.0. The summed E-state index contributed by atoms with van der Waals surface area (Å²) in [5, 5.41) is 0. The molecule has 0 aliphatic heterocycles. The Morgan fingerprint density at radius 1 is 0.944 bits per heavy atom. The van der Waals surface area contributed by atoms with Crippen molar-refractivity contribution >= 4 is 0 Å². The van der Waals surface area contributed by atoms with Crippen molar-refractivity contribution in [3.05, 3.63) is 60.3 Å². The molecular weight excluding hydrogens is 222 g/mol. The lowest BCUT2D eigenvalue weighted by atomic mass is 9.84. The summed E-state index contributed by atoms with van der Waals surface area (Å²) in [4.78, 5) is 4.24. The summed E-state index contributed by atoms with van der Waals surface area (Å²) in [6.45, 7) is 6.52. The smallest absolute Gasteiger partial charge is 0.213 e. The first kappa shape index (κ1) is 12.6. The molecule has 0 aliphatic rings. The summed E-state index contributed by atoms with van der Waals surface area (Å²) >= 11 is 0. The van der Waals surface area contributed by atoms with E-state index in [0.29, 0.717) is 5.88 Å². The van der Waals surface area contributed by atoms with Crippen LogP contribution in [0.15, 0.2) is 54.7 Å². The number of rotatable bonds is 3. The third-order valence-electron chi connectivity index (χ3n) is 2.77. The number of nitrogens with zero attached hydrogens (tertiary/aromatic N) is 1. The van der Waals surface area contributed by atoms with Crippen LogP contribution in [0.5, 0.6) is 5.88 Å². The Hall–Kier alpha value is -1.83. The highest BCUT2D eigenvalue weighted by Gasteiger charge is 2.28. The molecule has 18 heavy (non-hydrogen) atoms. The van der Waals surface area contributed by atoms with Gasteiger partial charge in [0, 0.05) is 17.7 Å². The largest absolute Gasteiger partial charge is 0.469 e. The Bertz CT molecular complexity index is 473. The molecule has 0 spiro atoms. The van der Waals surface area contributed by atoms with Crippen molar-refractivity contribution in [3.8, 4) is 5.88 Å². The van der Waals surface area contributed by atoms with Gasteiger partial charge in [0.1, 0.15) is 6.10 Å². The standard InChI is InChI=1S/C16H19NO/c1-16(2,3)15(13-9-5-4-6-10-13)18-14-11-7-8-12-17-14/h4-12,15H,1-3H3. The maximum absolute atomic E-state index is 6.05. The second kappa shape index (κ2) is 5.21. The number of aromatic nitrogens is 1. The molecule has 2 rings (SSSR count). The lowest BCUT2D eigenvalue weighted by Gasteiger charge is -2.31. The van der Waals surface area contributed by atoms with Crippen molar-refractivity contribution in [2.45, 2.75) is 26.9 Å². The molecule has 1 heterocycles. The summed E-state index contributed by atoms with van der Waals surface area (Å²) in [5.41, 5.74) is 1.19. The van der Waals surface area contributed by atoms with E-state index >= 15 is 0 Å². The van der Waals surface area contributed by atoms with Crippen LogP contribution in [0, 0.1) is 5.41 Å². The highest BCUT2D eigenvalue weighted by molar-refractivity contribution is 5.21. The highest BCUT2D eigenvalue weighted by atomic mass is 16.5. The molecule has 2 heteroatoms. The fourth-order valence-electron chi connectivity index (χ4n) is 1.91. The van der Waals surface area contributed by atoms with E-state index in [4.69, 9.17) is 4.74 Å². The highest BCUT2D eigenvalue weighted by Crippen LogP contribution is 2.36. The van der Waals surface area contributed by atoms with Crippen LogP contribution in [0.3, 0.4) is 0 Å². The average molecular weight is 241 g/mol. The molecule has 0 radical (unpaired) electrons. The Labute approximate surface area is 109 Å². The molecule has 0 saturated heterocycles. The predicted octanol–water partition coefficient (Wildman–Crippen LogP) is 4.25. The van der Waals surface area contributed by atoms with Crippen LogP contribution in [0.4, 0.5) is 0 Å². The van der Waals surface area contributed by atoms with E-state index in [0.717, 1.165) is 0 Å². The van der Waals surface area contributed by atoms with E-state index in [1.165, 1.54) is 5.56 Å². The second-order valence-corrected chi connectivity index (χ2v) is 5.44. The van der Waals surface area contributed by atoms with Crippen molar-refractivity contribution in [1.29, 1.82) is 0 Å². The summed E-state index contributed by atoms with van der Waals surface area (Å²) in [5.74, 6) is 0.668. The van der Waals surface area contributed by atoms with E-state index in [-0.39, 0.29) is 11.5 Å². The summed E-state index contributed by atoms with van der Waals surface area (Å²) in [7, 11) is 0. The second-order valence-electron chi connectivity index (χ2n) is 5.44. The molecule has 94 valence electrons. The molecule has 1 atom stereocenters. The van der Waals surface area contributed by atoms with Crippen LogP contribution >= 0.6 is 0 Å². The monoisotopic (exact) mass is 241 g/mol. The Balaban J connectivity index is 2.28. The molecule has 0 amide bonds. The fraction of sp³-hybridized carbons (Fsp3) is 0.312. The predicted molar refractivity (Wildman–Crippen MR) is 73.5 cm³/mol. The van der Waals surface area contributed by atoms with E-state index in [9.17, 15) is 0 Å². The van der Waals surface area contributed by atoms with Gasteiger partial charge in [0.05, 0.1) is 0 Å². The molecule has 0 N–H and O–H groups in total. The Morgan fingerprint density at radius 2 is 1.61 bits per heavy atom. The molecule has 1 aromatic carbocycles. The van der Waals surface area contributed by atoms with E-state index < -0.39 is 0 Å². The van der Waals surface area contributed by atoms with Gasteiger partial charge in [0.25, 0.3) is 0 Å². The van der Waals surface area contributed by atoms with Crippen molar-refractivity contribution in [3.63, 3.8) is 0 Å². The van der Waals surface area contributed by atoms with Gasteiger partial charge in [-0.3, -0.25) is 0 Å². The van der Waals surface area contributed by atoms with Gasteiger partial charge in [0.15, 0.2) is 0 Å². The molecule has 1 unspecified atom stereocenters. The van der Waals surface area contributed by atoms with Crippen molar-refractivity contribution < 1.29 is 4.74 Å². The quantitative estimate of drug-likeness (QED) is 0.801. The van der Waals surface area contributed by atoms with Gasteiger partial charge in [-0.15, -0.1) is 0 Å². The van der Waals surface area contributed by atoms with Crippen LogP contribution in [0.1, 0.15) is 32.4 Å². The third kappa shape index (κ3) is 3.10. The molecule has 2 nitrogen and oxygen atoms in total. The van der Waals surface area contributed by atoms with Gasteiger partial charge in [-0.05, 0) is 11.6 Å². The maximum Gasteiger partial charge on any atom is 0.213 e. The number of benzene rings is 1. The lowest BCUT2D eigenvalue weighted by Crippen LogP contribution is -2.24. The summed E-state index contributed by atoms with van der Waals surface area (Å²) in [6, 6.07) is 16.0. The molecule has 0 fully saturated rings. The minimum absolute atomic E-state index is 0.00593. The molecular formula is C16H19NO. The minimum atomic E-state index is -0.00593. The summed E-state index contributed by atoms with van der Waals surface area (Å²) in [6.07, 6.45) is 1.74. The number of hydrogen-bond donors (Lipinski definition) is 0. The maximum atomic E-state index is 6.05. The van der Waals surface area contributed by atoms with E-state index in [1.807, 2.05) is 36.4 Å².